The molecule has 134 valence electrons. The molecule has 25 heavy (non-hydrogen) atoms. The second kappa shape index (κ2) is 7.64. The van der Waals surface area contributed by atoms with E-state index in [0.29, 0.717) is 12.1 Å². The molecule has 2 aromatic rings. The Kier molecular flexibility index (Phi) is 5.10. The van der Waals surface area contributed by atoms with Gasteiger partial charge in [-0.2, -0.15) is 0 Å². The molecular formula is C19H28N6. The number of likely N-dealkylation sites (N-methyl/N-ethyl adjacent to an activating group) is 1. The first-order chi connectivity index (χ1) is 12.3. The Hall–Kier alpha value is -1.76. The lowest BCUT2D eigenvalue weighted by Crippen LogP contribution is -2.41. The summed E-state index contributed by atoms with van der Waals surface area (Å²) in [5.74, 6) is 1.49. The maximum Gasteiger partial charge on any atom is 0.233 e. The molecule has 6 nitrogen and oxygen atoms in total. The molecule has 2 N–H and O–H groups in total. The quantitative estimate of drug-likeness (QED) is 0.873. The Morgan fingerprint density at radius 2 is 1.96 bits per heavy atom. The van der Waals surface area contributed by atoms with Gasteiger partial charge in [-0.1, -0.05) is 19.3 Å². The number of hydrazine groups is 1. The van der Waals surface area contributed by atoms with Gasteiger partial charge < -0.3 is 0 Å². The molecule has 0 radical (unpaired) electrons. The van der Waals surface area contributed by atoms with Gasteiger partial charge in [0.25, 0.3) is 0 Å². The average Bonchev–Trinajstić information content (AvgIpc) is 3.16. The van der Waals surface area contributed by atoms with Gasteiger partial charge in [-0.15, -0.1) is 0 Å². The molecule has 2 aliphatic rings. The first kappa shape index (κ1) is 16.7. The molecule has 2 aromatic heterocycles. The van der Waals surface area contributed by atoms with Crippen LogP contribution < -0.4 is 10.9 Å². The van der Waals surface area contributed by atoms with E-state index >= 15 is 0 Å². The van der Waals surface area contributed by atoms with Crippen molar-refractivity contribution in [1.82, 2.24) is 30.3 Å². The largest absolute Gasteiger partial charge is 0.299 e. The van der Waals surface area contributed by atoms with Crippen molar-refractivity contribution in [3.63, 3.8) is 0 Å². The molecule has 3 heterocycles. The summed E-state index contributed by atoms with van der Waals surface area (Å²) in [6, 6.07) is 7.26. The Bertz CT molecular complexity index is 670. The Balaban J connectivity index is 1.40. The normalized spacial score (nSPS) is 26.6. The van der Waals surface area contributed by atoms with Gasteiger partial charge in [0, 0.05) is 49.5 Å². The Labute approximate surface area is 149 Å². The van der Waals surface area contributed by atoms with Crippen molar-refractivity contribution in [3.8, 4) is 5.95 Å². The Morgan fingerprint density at radius 3 is 2.84 bits per heavy atom. The van der Waals surface area contributed by atoms with Gasteiger partial charge in [0.15, 0.2) is 0 Å². The average molecular weight is 340 g/mol. The van der Waals surface area contributed by atoms with Crippen LogP contribution >= 0.6 is 0 Å². The van der Waals surface area contributed by atoms with Gasteiger partial charge in [-0.05, 0) is 44.0 Å². The smallest absolute Gasteiger partial charge is 0.233 e. The van der Waals surface area contributed by atoms with Crippen LogP contribution in [0.3, 0.4) is 0 Å². The monoisotopic (exact) mass is 340 g/mol. The van der Waals surface area contributed by atoms with Crippen LogP contribution in [0.4, 0.5) is 0 Å². The Morgan fingerprint density at radius 1 is 1.12 bits per heavy atom. The third kappa shape index (κ3) is 3.76. The van der Waals surface area contributed by atoms with E-state index < -0.39 is 0 Å². The van der Waals surface area contributed by atoms with Crippen molar-refractivity contribution >= 4 is 0 Å². The lowest BCUT2D eigenvalue weighted by atomic mass is 9.90. The molecule has 4 rings (SSSR count). The van der Waals surface area contributed by atoms with Crippen LogP contribution in [0.25, 0.3) is 5.95 Å². The van der Waals surface area contributed by atoms with Crippen LogP contribution in [0.1, 0.15) is 37.8 Å². The highest BCUT2D eigenvalue weighted by atomic mass is 15.4. The summed E-state index contributed by atoms with van der Waals surface area (Å²) in [5.41, 5.74) is 8.33. The summed E-state index contributed by atoms with van der Waals surface area (Å²) >= 11 is 0. The zero-order valence-electron chi connectivity index (χ0n) is 14.9. The molecule has 1 saturated carbocycles. The highest BCUT2D eigenvalue weighted by Crippen LogP contribution is 2.29. The van der Waals surface area contributed by atoms with E-state index in [4.69, 9.17) is 0 Å². The first-order valence-electron chi connectivity index (χ1n) is 9.44. The number of aromatic nitrogens is 3. The summed E-state index contributed by atoms with van der Waals surface area (Å²) in [7, 11) is 2.20. The zero-order chi connectivity index (χ0) is 17.1. The lowest BCUT2D eigenvalue weighted by molar-refractivity contribution is 0.252. The summed E-state index contributed by atoms with van der Waals surface area (Å²) in [6.07, 6.45) is 12.4. The summed E-state index contributed by atoms with van der Waals surface area (Å²) in [6.45, 7) is 1.94. The van der Waals surface area contributed by atoms with E-state index in [1.807, 2.05) is 12.3 Å². The molecular weight excluding hydrogens is 312 g/mol. The van der Waals surface area contributed by atoms with Crippen molar-refractivity contribution < 1.29 is 0 Å². The van der Waals surface area contributed by atoms with Gasteiger partial charge in [0.1, 0.15) is 0 Å². The highest BCUT2D eigenvalue weighted by molar-refractivity contribution is 5.20. The zero-order valence-corrected chi connectivity index (χ0v) is 14.9. The topological polar surface area (TPSA) is 58.0 Å². The molecule has 0 spiro atoms. The van der Waals surface area contributed by atoms with E-state index in [1.165, 1.54) is 37.8 Å². The van der Waals surface area contributed by atoms with Crippen molar-refractivity contribution in [2.75, 3.05) is 13.6 Å². The molecule has 3 atom stereocenters. The molecule has 0 bridgehead atoms. The van der Waals surface area contributed by atoms with Crippen LogP contribution in [0.2, 0.25) is 0 Å². The van der Waals surface area contributed by atoms with Crippen LogP contribution in [0.5, 0.6) is 0 Å². The summed E-state index contributed by atoms with van der Waals surface area (Å²) in [4.78, 5) is 11.1. The molecule has 0 aromatic carbocycles. The maximum atomic E-state index is 4.37. The number of hydrogen-bond acceptors (Lipinski definition) is 5. The van der Waals surface area contributed by atoms with Crippen molar-refractivity contribution in [2.24, 2.45) is 5.92 Å². The second-order valence-electron chi connectivity index (χ2n) is 7.42. The van der Waals surface area contributed by atoms with E-state index in [0.717, 1.165) is 25.0 Å². The molecule has 6 heteroatoms. The standard InChI is InChI=1S/C19H28N6/c1-24(14-18-16-8-3-2-4-9-17(16)22-23-18)13-15-7-5-12-25(15)19-20-10-6-11-21-19/h5-7,10-12,16-18,22-23H,2-4,8-9,13-14H2,1H3. The van der Waals surface area contributed by atoms with Crippen molar-refractivity contribution in [1.29, 1.82) is 0 Å². The third-order valence-corrected chi connectivity index (χ3v) is 5.58. The van der Waals surface area contributed by atoms with Crippen molar-refractivity contribution in [3.05, 3.63) is 42.5 Å². The highest BCUT2D eigenvalue weighted by Gasteiger charge is 2.36. The van der Waals surface area contributed by atoms with Gasteiger partial charge in [-0.25, -0.2) is 9.97 Å². The summed E-state index contributed by atoms with van der Waals surface area (Å²) in [5, 5.41) is 0. The minimum Gasteiger partial charge on any atom is -0.299 e. The number of fused-ring (bicyclic) bond motifs is 1. The first-order valence-corrected chi connectivity index (χ1v) is 9.44. The van der Waals surface area contributed by atoms with Gasteiger partial charge in [-0.3, -0.25) is 20.3 Å². The predicted molar refractivity (Wildman–Crippen MR) is 98.1 cm³/mol. The molecule has 3 unspecified atom stereocenters. The van der Waals surface area contributed by atoms with Crippen molar-refractivity contribution in [2.45, 2.75) is 50.7 Å². The minimum absolute atomic E-state index is 0.532. The maximum absolute atomic E-state index is 4.37. The number of hydrogen-bond donors (Lipinski definition) is 2. The van der Waals surface area contributed by atoms with Gasteiger partial charge in [0.05, 0.1) is 0 Å². The molecule has 1 aliphatic heterocycles. The third-order valence-electron chi connectivity index (χ3n) is 5.58. The van der Waals surface area contributed by atoms with E-state index in [9.17, 15) is 0 Å². The van der Waals surface area contributed by atoms with E-state index in [-0.39, 0.29) is 0 Å². The molecule has 2 fully saturated rings. The predicted octanol–water partition coefficient (Wildman–Crippen LogP) is 2.12. The number of nitrogens with one attached hydrogen (secondary N) is 2. The minimum atomic E-state index is 0.532. The van der Waals surface area contributed by atoms with Crippen LogP contribution in [0, 0.1) is 5.92 Å². The fourth-order valence-corrected chi connectivity index (χ4v) is 4.33. The molecule has 1 aliphatic carbocycles. The number of nitrogens with zero attached hydrogens (tertiary/aromatic N) is 4. The van der Waals surface area contributed by atoms with Crippen LogP contribution in [0.15, 0.2) is 36.8 Å². The molecule has 0 amide bonds. The lowest BCUT2D eigenvalue weighted by Gasteiger charge is -2.26. The number of rotatable bonds is 5. The van der Waals surface area contributed by atoms with Gasteiger partial charge >= 0.3 is 0 Å². The van der Waals surface area contributed by atoms with E-state index in [1.54, 1.807) is 12.4 Å². The fraction of sp³-hybridized carbons (Fsp3) is 0.579. The van der Waals surface area contributed by atoms with Crippen LogP contribution in [-0.2, 0) is 6.54 Å². The molecule has 1 saturated heterocycles. The fourth-order valence-electron chi connectivity index (χ4n) is 4.33. The second-order valence-corrected chi connectivity index (χ2v) is 7.42. The summed E-state index contributed by atoms with van der Waals surface area (Å²) < 4.78 is 2.07. The van der Waals surface area contributed by atoms with Crippen LogP contribution in [-0.4, -0.2) is 45.1 Å². The van der Waals surface area contributed by atoms with Gasteiger partial charge in [0.2, 0.25) is 5.95 Å². The SMILES string of the molecule is CN(Cc1cccn1-c1ncccn1)CC1NNC2CCCCCC21. The van der Waals surface area contributed by atoms with E-state index in [2.05, 4.69) is 49.5 Å².